The third kappa shape index (κ3) is 6.98. The number of hydrogen-bond acceptors (Lipinski definition) is 6. The molecule has 0 aromatic heterocycles. The Morgan fingerprint density at radius 2 is 2.11 bits per heavy atom. The molecule has 0 aliphatic carbocycles. The lowest BCUT2D eigenvalue weighted by molar-refractivity contribution is -0.287. The van der Waals surface area contributed by atoms with E-state index in [0.717, 1.165) is 6.42 Å². The van der Waals surface area contributed by atoms with Crippen LogP contribution in [0, 0.1) is 11.8 Å². The summed E-state index contributed by atoms with van der Waals surface area (Å²) in [7, 11) is 3.47. The number of nitrogens with zero attached hydrogens (tertiary/aromatic N) is 1. The van der Waals surface area contributed by atoms with Crippen LogP contribution in [0.3, 0.4) is 0 Å². The van der Waals surface area contributed by atoms with Crippen molar-refractivity contribution >= 4 is 6.03 Å². The Balaban J connectivity index is 1.83. The fourth-order valence-electron chi connectivity index (χ4n) is 5.34. The Kier molecular flexibility index (Phi) is 9.77. The second kappa shape index (κ2) is 12.4. The minimum Gasteiger partial charge on any atom is -0.395 e. The monoisotopic (exact) mass is 513 g/mol. The molecule has 2 aliphatic rings. The van der Waals surface area contributed by atoms with Gasteiger partial charge in [-0.05, 0) is 57.6 Å². The van der Waals surface area contributed by atoms with Crippen LogP contribution in [-0.4, -0.2) is 68.8 Å². The van der Waals surface area contributed by atoms with Gasteiger partial charge in [-0.15, -0.1) is 8.78 Å². The van der Waals surface area contributed by atoms with Crippen LogP contribution in [0.25, 0.3) is 0 Å². The van der Waals surface area contributed by atoms with Gasteiger partial charge in [-0.25, -0.2) is 4.79 Å². The van der Waals surface area contributed by atoms with Crippen LogP contribution in [0.4, 0.5) is 13.6 Å². The molecule has 2 amide bonds. The van der Waals surface area contributed by atoms with Gasteiger partial charge >= 0.3 is 12.3 Å². The van der Waals surface area contributed by atoms with E-state index in [1.807, 2.05) is 7.05 Å². The SMILES string of the molecule is CNC[C@H](CC(C)C)NC(=O)N1CCC[C@@H]([C@@](O)(CCCCOC)c2cccc3c2OC(F)(F)O3)C1. The highest BCUT2D eigenvalue weighted by Gasteiger charge is 2.49. The van der Waals surface area contributed by atoms with Gasteiger partial charge in [0.1, 0.15) is 0 Å². The van der Waals surface area contributed by atoms with E-state index in [0.29, 0.717) is 64.3 Å². The number of methoxy groups -OCH3 is 1. The van der Waals surface area contributed by atoms with Crippen molar-refractivity contribution in [3.63, 3.8) is 0 Å². The van der Waals surface area contributed by atoms with Crippen LogP contribution in [-0.2, 0) is 10.3 Å². The number of nitrogens with one attached hydrogen (secondary N) is 2. The van der Waals surface area contributed by atoms with Crippen molar-refractivity contribution in [2.45, 2.75) is 70.3 Å². The molecule has 0 spiro atoms. The summed E-state index contributed by atoms with van der Waals surface area (Å²) in [4.78, 5) is 14.9. The molecule has 0 bridgehead atoms. The third-order valence-electron chi connectivity index (χ3n) is 6.97. The van der Waals surface area contributed by atoms with Crippen molar-refractivity contribution in [3.8, 4) is 11.5 Å². The molecule has 2 heterocycles. The Morgan fingerprint density at radius 3 is 2.81 bits per heavy atom. The Morgan fingerprint density at radius 1 is 1.33 bits per heavy atom. The number of para-hydroxylation sites is 1. The maximum atomic E-state index is 13.9. The van der Waals surface area contributed by atoms with Crippen LogP contribution in [0.2, 0.25) is 0 Å². The van der Waals surface area contributed by atoms with E-state index < -0.39 is 11.9 Å². The molecule has 0 unspecified atom stereocenters. The van der Waals surface area contributed by atoms with E-state index in [2.05, 4.69) is 29.2 Å². The fourth-order valence-corrected chi connectivity index (χ4v) is 5.34. The van der Waals surface area contributed by atoms with Crippen LogP contribution in [0.5, 0.6) is 11.5 Å². The molecule has 0 radical (unpaired) electrons. The van der Waals surface area contributed by atoms with Gasteiger partial charge in [0.05, 0.1) is 5.60 Å². The lowest BCUT2D eigenvalue weighted by Gasteiger charge is -2.43. The van der Waals surface area contributed by atoms with Gasteiger partial charge < -0.3 is 34.9 Å². The van der Waals surface area contributed by atoms with Gasteiger partial charge in [0.15, 0.2) is 11.5 Å². The number of carbonyl (C=O) groups is 1. The number of alkyl halides is 2. The summed E-state index contributed by atoms with van der Waals surface area (Å²) < 4.78 is 42.5. The number of likely N-dealkylation sites (tertiary alicyclic amines) is 1. The first kappa shape index (κ1) is 28.4. The first-order valence-electron chi connectivity index (χ1n) is 12.9. The largest absolute Gasteiger partial charge is 0.586 e. The molecule has 10 heteroatoms. The topological polar surface area (TPSA) is 92.3 Å². The number of benzene rings is 1. The number of fused-ring (bicyclic) bond motifs is 1. The molecule has 3 atom stereocenters. The maximum absolute atomic E-state index is 13.9. The summed E-state index contributed by atoms with van der Waals surface area (Å²) in [5, 5.41) is 18.4. The second-order valence-corrected chi connectivity index (χ2v) is 10.3. The first-order valence-corrected chi connectivity index (χ1v) is 12.9. The number of unbranched alkanes of at least 4 members (excludes halogenated alkanes) is 1. The number of halogens is 2. The average molecular weight is 514 g/mol. The van der Waals surface area contributed by atoms with Gasteiger partial charge in [0, 0.05) is 50.9 Å². The minimum absolute atomic E-state index is 0.0130. The van der Waals surface area contributed by atoms with Crippen LogP contribution in [0.1, 0.15) is 57.9 Å². The number of hydrogen-bond donors (Lipinski definition) is 3. The number of likely N-dealkylation sites (N-methyl/N-ethyl adjacent to an activating group) is 1. The number of aliphatic hydroxyl groups is 1. The molecule has 1 saturated heterocycles. The summed E-state index contributed by atoms with van der Waals surface area (Å²) in [5.74, 6) is -0.168. The summed E-state index contributed by atoms with van der Waals surface area (Å²) in [6.45, 7) is 6.29. The van der Waals surface area contributed by atoms with E-state index in [9.17, 15) is 18.7 Å². The van der Waals surface area contributed by atoms with Crippen molar-refractivity contribution in [2.24, 2.45) is 11.8 Å². The highest BCUT2D eigenvalue weighted by molar-refractivity contribution is 5.74. The maximum Gasteiger partial charge on any atom is 0.586 e. The summed E-state index contributed by atoms with van der Waals surface area (Å²) in [6, 6.07) is 4.42. The molecule has 2 aliphatic heterocycles. The molecule has 0 saturated carbocycles. The van der Waals surface area contributed by atoms with Gasteiger partial charge in [0.25, 0.3) is 0 Å². The lowest BCUT2D eigenvalue weighted by Crippen LogP contribution is -2.54. The van der Waals surface area contributed by atoms with Gasteiger partial charge in [-0.2, -0.15) is 0 Å². The smallest absolute Gasteiger partial charge is 0.395 e. The standard InChI is InChI=1S/C26H41F2N3O5/c1-18(2)15-20(16-29-3)30-24(32)31-13-8-9-19(17-31)25(33,12-5-6-14-34-4)21-10-7-11-22-23(21)36-26(27,28)35-22/h7,10-11,18-20,29,33H,5-6,8-9,12-17H2,1-4H3,(H,30,32)/t19-,20+,25+/m1/s1. The van der Waals surface area contributed by atoms with E-state index in [1.165, 1.54) is 6.07 Å². The zero-order chi connectivity index (χ0) is 26.3. The van der Waals surface area contributed by atoms with Crippen LogP contribution < -0.4 is 20.1 Å². The van der Waals surface area contributed by atoms with E-state index in [-0.39, 0.29) is 35.1 Å². The highest BCUT2D eigenvalue weighted by atomic mass is 19.3. The van der Waals surface area contributed by atoms with Gasteiger partial charge in [0.2, 0.25) is 0 Å². The predicted molar refractivity (Wildman–Crippen MR) is 132 cm³/mol. The Hall–Kier alpha value is -2.17. The van der Waals surface area contributed by atoms with E-state index >= 15 is 0 Å². The molecule has 1 fully saturated rings. The van der Waals surface area contributed by atoms with Crippen molar-refractivity contribution in [1.29, 1.82) is 0 Å². The van der Waals surface area contributed by atoms with Gasteiger partial charge in [-0.3, -0.25) is 0 Å². The summed E-state index contributed by atoms with van der Waals surface area (Å²) >= 11 is 0. The number of rotatable bonds is 12. The van der Waals surface area contributed by atoms with Crippen LogP contribution in [0.15, 0.2) is 18.2 Å². The minimum atomic E-state index is -3.79. The number of urea groups is 1. The second-order valence-electron chi connectivity index (χ2n) is 10.3. The summed E-state index contributed by atoms with van der Waals surface area (Å²) in [6.07, 6.45) is 0.0459. The predicted octanol–water partition coefficient (Wildman–Crippen LogP) is 4.07. The molecule has 3 rings (SSSR count). The number of amides is 2. The molecular formula is C26H41F2N3O5. The van der Waals surface area contributed by atoms with Crippen LogP contribution >= 0.6 is 0 Å². The Labute approximate surface area is 212 Å². The van der Waals surface area contributed by atoms with Crippen molar-refractivity contribution in [1.82, 2.24) is 15.5 Å². The number of piperidine rings is 1. The fraction of sp³-hybridized carbons (Fsp3) is 0.731. The molecule has 8 nitrogen and oxygen atoms in total. The third-order valence-corrected chi connectivity index (χ3v) is 6.97. The first-order chi connectivity index (χ1) is 17.1. The molecule has 3 N–H and O–H groups in total. The quantitative estimate of drug-likeness (QED) is 0.365. The lowest BCUT2D eigenvalue weighted by atomic mass is 9.73. The zero-order valence-electron chi connectivity index (χ0n) is 21.8. The van der Waals surface area contributed by atoms with Crippen molar-refractivity contribution in [2.75, 3.05) is 40.4 Å². The molecule has 204 valence electrons. The Bertz CT molecular complexity index is 872. The van der Waals surface area contributed by atoms with Crippen molar-refractivity contribution in [3.05, 3.63) is 23.8 Å². The number of ether oxygens (including phenoxy) is 3. The molecule has 1 aromatic carbocycles. The summed E-state index contributed by atoms with van der Waals surface area (Å²) in [5.41, 5.74) is -1.21. The van der Waals surface area contributed by atoms with Gasteiger partial charge in [-0.1, -0.05) is 26.0 Å². The van der Waals surface area contributed by atoms with E-state index in [4.69, 9.17) is 9.47 Å². The highest BCUT2D eigenvalue weighted by Crippen LogP contribution is 2.50. The molecular weight excluding hydrogens is 472 g/mol. The van der Waals surface area contributed by atoms with E-state index in [1.54, 1.807) is 24.1 Å². The normalized spacial score (nSPS) is 21.3. The van der Waals surface area contributed by atoms with Crippen molar-refractivity contribution < 1.29 is 32.9 Å². The molecule has 1 aromatic rings. The molecule has 36 heavy (non-hydrogen) atoms. The average Bonchev–Trinajstić information content (AvgIpc) is 3.15. The number of carbonyl (C=O) groups excluding carboxylic acids is 1. The zero-order valence-corrected chi connectivity index (χ0v) is 21.8.